The average Bonchev–Trinajstić information content (AvgIpc) is 3.36. The molecule has 2 aliphatic heterocycles. The van der Waals surface area contributed by atoms with Crippen LogP contribution in [0.5, 0.6) is 17.2 Å². The fourth-order valence-electron chi connectivity index (χ4n) is 5.67. The summed E-state index contributed by atoms with van der Waals surface area (Å²) in [6.07, 6.45) is 3.15. The number of ether oxygens (including phenoxy) is 3. The summed E-state index contributed by atoms with van der Waals surface area (Å²) in [6.45, 7) is 2.84. The summed E-state index contributed by atoms with van der Waals surface area (Å²) in [4.78, 5) is 31.8. The Balaban J connectivity index is 0.00000462. The Morgan fingerprint density at radius 3 is 2.12 bits per heavy atom. The molecule has 2 atom stereocenters. The Labute approximate surface area is 253 Å². The van der Waals surface area contributed by atoms with Crippen LogP contribution in [0.25, 0.3) is 0 Å². The number of urea groups is 2. The highest BCUT2D eigenvalue weighted by molar-refractivity contribution is 6.30. The smallest absolute Gasteiger partial charge is 0.319 e. The highest BCUT2D eigenvalue weighted by Crippen LogP contribution is 2.40. The molecule has 226 valence electrons. The highest BCUT2D eigenvalue weighted by atomic mass is 35.5. The van der Waals surface area contributed by atoms with Gasteiger partial charge in [0.2, 0.25) is 5.75 Å². The van der Waals surface area contributed by atoms with Gasteiger partial charge in [0, 0.05) is 50.4 Å². The molecule has 0 spiro atoms. The minimum absolute atomic E-state index is 0. The molecule has 2 saturated heterocycles. The summed E-state index contributed by atoms with van der Waals surface area (Å²) < 4.78 is 16.2. The van der Waals surface area contributed by atoms with E-state index in [1.165, 1.54) is 26.9 Å². The van der Waals surface area contributed by atoms with E-state index in [0.29, 0.717) is 41.9 Å². The van der Waals surface area contributed by atoms with Gasteiger partial charge in [0.15, 0.2) is 11.5 Å². The molecule has 0 aromatic heterocycles. The van der Waals surface area contributed by atoms with E-state index >= 15 is 0 Å². The van der Waals surface area contributed by atoms with Crippen molar-refractivity contribution in [2.24, 2.45) is 5.92 Å². The van der Waals surface area contributed by atoms with Gasteiger partial charge >= 0.3 is 12.1 Å². The lowest BCUT2D eigenvalue weighted by atomic mass is 9.89. The monoisotopic (exact) mass is 609 g/mol. The SMILES string of the molecule is COc1cc(NC(=O)N[C@H]2CN(C(=O)N(C)C)C[C@@H]2N2CCC(Cc3ccc(Cl)cc3)CC2)cc(OC)c1OC.Cl. The number of piperidine rings is 1. The first-order valence-electron chi connectivity index (χ1n) is 13.5. The number of hydrogen-bond acceptors (Lipinski definition) is 6. The van der Waals surface area contributed by atoms with Gasteiger partial charge in [0.25, 0.3) is 0 Å². The van der Waals surface area contributed by atoms with Crippen molar-refractivity contribution in [1.82, 2.24) is 20.0 Å². The Morgan fingerprint density at radius 1 is 0.976 bits per heavy atom. The van der Waals surface area contributed by atoms with Gasteiger partial charge in [-0.3, -0.25) is 4.90 Å². The van der Waals surface area contributed by atoms with Crippen LogP contribution in [0.1, 0.15) is 18.4 Å². The first-order chi connectivity index (χ1) is 19.2. The van der Waals surface area contributed by atoms with Gasteiger partial charge in [0.1, 0.15) is 0 Å². The zero-order valence-electron chi connectivity index (χ0n) is 24.3. The number of nitrogens with zero attached hydrogens (tertiary/aromatic N) is 3. The van der Waals surface area contributed by atoms with Crippen LogP contribution in [0.4, 0.5) is 15.3 Å². The minimum atomic E-state index is -0.360. The molecule has 0 saturated carbocycles. The molecule has 0 radical (unpaired) electrons. The van der Waals surface area contributed by atoms with Crippen molar-refractivity contribution in [3.63, 3.8) is 0 Å². The summed E-state index contributed by atoms with van der Waals surface area (Å²) in [5.41, 5.74) is 1.81. The third kappa shape index (κ3) is 8.02. The van der Waals surface area contributed by atoms with Crippen LogP contribution in [-0.4, -0.2) is 100 Å². The Bertz CT molecular complexity index is 1150. The standard InChI is InChI=1S/C29H40ClN5O5.ClH/c1-33(2)29(37)35-17-23(32-28(36)31-22-15-25(38-3)27(40-5)26(16-22)39-4)24(18-35)34-12-10-20(11-13-34)14-19-6-8-21(30)9-7-19;/h6-9,15-16,20,23-24H,10-14,17-18H2,1-5H3,(H2,31,32,36);1H/t23-,24-;/m0./s1. The first kappa shape index (κ1) is 32.4. The predicted molar refractivity (Wildman–Crippen MR) is 163 cm³/mol. The van der Waals surface area contributed by atoms with Crippen molar-refractivity contribution in [3.8, 4) is 17.2 Å². The van der Waals surface area contributed by atoms with E-state index in [0.717, 1.165) is 37.4 Å². The van der Waals surface area contributed by atoms with Crippen molar-refractivity contribution in [2.75, 3.05) is 66.9 Å². The largest absolute Gasteiger partial charge is 0.493 e. The molecular weight excluding hydrogens is 569 g/mol. The first-order valence-corrected chi connectivity index (χ1v) is 13.9. The summed E-state index contributed by atoms with van der Waals surface area (Å²) in [7, 11) is 8.08. The van der Waals surface area contributed by atoms with Gasteiger partial charge in [-0.1, -0.05) is 23.7 Å². The summed E-state index contributed by atoms with van der Waals surface area (Å²) >= 11 is 6.05. The molecule has 0 unspecified atom stereocenters. The number of anilines is 1. The van der Waals surface area contributed by atoms with E-state index in [9.17, 15) is 9.59 Å². The number of hydrogen-bond donors (Lipinski definition) is 2. The van der Waals surface area contributed by atoms with E-state index < -0.39 is 0 Å². The van der Waals surface area contributed by atoms with Crippen LogP contribution < -0.4 is 24.8 Å². The van der Waals surface area contributed by atoms with E-state index in [1.54, 1.807) is 31.1 Å². The van der Waals surface area contributed by atoms with Crippen LogP contribution in [0.3, 0.4) is 0 Å². The molecule has 2 aliphatic rings. The molecule has 0 aliphatic carbocycles. The van der Waals surface area contributed by atoms with E-state index in [1.807, 2.05) is 17.0 Å². The fraction of sp³-hybridized carbons (Fsp3) is 0.517. The predicted octanol–water partition coefficient (Wildman–Crippen LogP) is 4.60. The second-order valence-electron chi connectivity index (χ2n) is 10.6. The maximum absolute atomic E-state index is 13.2. The Hall–Kier alpha value is -3.08. The van der Waals surface area contributed by atoms with Gasteiger partial charge < -0.3 is 34.6 Å². The molecular formula is C29H41Cl2N5O5. The fourth-order valence-corrected chi connectivity index (χ4v) is 5.79. The maximum atomic E-state index is 13.2. The molecule has 10 nitrogen and oxygen atoms in total. The van der Waals surface area contributed by atoms with Crippen LogP contribution in [0, 0.1) is 5.92 Å². The second-order valence-corrected chi connectivity index (χ2v) is 11.0. The summed E-state index contributed by atoms with van der Waals surface area (Å²) in [5.74, 6) is 1.93. The molecule has 2 aromatic rings. The van der Waals surface area contributed by atoms with Gasteiger partial charge in [0.05, 0.1) is 33.1 Å². The van der Waals surface area contributed by atoms with Gasteiger partial charge in [-0.15, -0.1) is 12.4 Å². The van der Waals surface area contributed by atoms with E-state index in [4.69, 9.17) is 25.8 Å². The van der Waals surface area contributed by atoms with Crippen molar-refractivity contribution in [2.45, 2.75) is 31.3 Å². The molecule has 2 heterocycles. The number of carbonyl (C=O) groups excluding carboxylic acids is 2. The number of benzene rings is 2. The Kier molecular flexibility index (Phi) is 11.6. The van der Waals surface area contributed by atoms with Gasteiger partial charge in [-0.25, -0.2) is 9.59 Å². The number of nitrogens with one attached hydrogen (secondary N) is 2. The quantitative estimate of drug-likeness (QED) is 0.454. The number of carbonyl (C=O) groups is 2. The van der Waals surface area contributed by atoms with Crippen LogP contribution in [0.15, 0.2) is 36.4 Å². The second kappa shape index (κ2) is 14.7. The van der Waals surface area contributed by atoms with Crippen molar-refractivity contribution < 1.29 is 23.8 Å². The number of halogens is 2. The number of likely N-dealkylation sites (tertiary alicyclic amines) is 2. The third-order valence-corrected chi connectivity index (χ3v) is 7.99. The van der Waals surface area contributed by atoms with Gasteiger partial charge in [-0.05, 0) is 56.0 Å². The van der Waals surface area contributed by atoms with E-state index in [-0.39, 0.29) is 36.6 Å². The number of methoxy groups -OCH3 is 3. The van der Waals surface area contributed by atoms with Crippen LogP contribution >= 0.6 is 24.0 Å². The normalized spacial score (nSPS) is 19.2. The molecule has 41 heavy (non-hydrogen) atoms. The van der Waals surface area contributed by atoms with Crippen LogP contribution in [-0.2, 0) is 6.42 Å². The molecule has 12 heteroatoms. The van der Waals surface area contributed by atoms with Crippen molar-refractivity contribution >= 4 is 41.8 Å². The molecule has 0 bridgehead atoms. The molecule has 4 rings (SSSR count). The zero-order valence-corrected chi connectivity index (χ0v) is 25.9. The lowest BCUT2D eigenvalue weighted by Crippen LogP contribution is -2.54. The number of amides is 4. The lowest BCUT2D eigenvalue weighted by Gasteiger charge is -2.38. The molecule has 4 amide bonds. The lowest BCUT2D eigenvalue weighted by molar-refractivity contribution is 0.121. The minimum Gasteiger partial charge on any atom is -0.493 e. The third-order valence-electron chi connectivity index (χ3n) is 7.74. The van der Waals surface area contributed by atoms with E-state index in [2.05, 4.69) is 27.7 Å². The topological polar surface area (TPSA) is 95.6 Å². The zero-order chi connectivity index (χ0) is 28.8. The summed E-state index contributed by atoms with van der Waals surface area (Å²) in [5, 5.41) is 6.77. The number of rotatable bonds is 8. The molecule has 2 N–H and O–H groups in total. The Morgan fingerprint density at radius 2 is 1.59 bits per heavy atom. The average molecular weight is 611 g/mol. The van der Waals surface area contributed by atoms with Crippen molar-refractivity contribution in [3.05, 3.63) is 47.0 Å². The van der Waals surface area contributed by atoms with Crippen molar-refractivity contribution in [1.29, 1.82) is 0 Å². The molecule has 2 fully saturated rings. The summed E-state index contributed by atoms with van der Waals surface area (Å²) in [6, 6.07) is 10.8. The highest BCUT2D eigenvalue weighted by Gasteiger charge is 2.41. The van der Waals surface area contributed by atoms with Gasteiger partial charge in [-0.2, -0.15) is 0 Å². The molecule has 2 aromatic carbocycles. The van der Waals surface area contributed by atoms with Crippen LogP contribution in [0.2, 0.25) is 5.02 Å². The maximum Gasteiger partial charge on any atom is 0.319 e.